The van der Waals surface area contributed by atoms with Gasteiger partial charge in [-0.2, -0.15) is 13.2 Å². The maximum Gasteiger partial charge on any atom is 0.389 e. The molecule has 2 nitrogen and oxygen atoms in total. The third-order valence-electron chi connectivity index (χ3n) is 3.00. The third-order valence-corrected chi connectivity index (χ3v) is 3.73. The first-order chi connectivity index (χ1) is 9.40. The lowest BCUT2D eigenvalue weighted by molar-refractivity contribution is -0.135. The molecule has 0 bridgehead atoms. The van der Waals surface area contributed by atoms with Crippen molar-refractivity contribution in [3.05, 3.63) is 28.5 Å². The first-order valence-electron chi connectivity index (χ1n) is 6.18. The molecule has 0 saturated heterocycles. The first-order valence-corrected chi connectivity index (χ1v) is 7.51. The van der Waals surface area contributed by atoms with Crippen molar-refractivity contribution in [2.24, 2.45) is 0 Å². The molecule has 1 aromatic carbocycles. The molecule has 0 aliphatic carbocycles. The molecule has 0 aliphatic heterocycles. The second-order valence-electron chi connectivity index (χ2n) is 4.52. The quantitative estimate of drug-likeness (QED) is 0.518. The van der Waals surface area contributed by atoms with E-state index in [1.807, 2.05) is 22.8 Å². The van der Waals surface area contributed by atoms with E-state index in [1.165, 1.54) is 0 Å². The third kappa shape index (κ3) is 3.88. The lowest BCUT2D eigenvalue weighted by atomic mass is 10.2. The Morgan fingerprint density at radius 2 is 2.00 bits per heavy atom. The van der Waals surface area contributed by atoms with Crippen LogP contribution in [0.2, 0.25) is 0 Å². The fourth-order valence-corrected chi connectivity index (χ4v) is 2.65. The van der Waals surface area contributed by atoms with E-state index >= 15 is 0 Å². The van der Waals surface area contributed by atoms with E-state index in [0.717, 1.165) is 15.5 Å². The highest BCUT2D eigenvalue weighted by atomic mass is 79.9. The standard InChI is InChI=1S/C13H13BrClF3N2/c14-9-3-4-11-10(7-9)19-12(8-15)20(11)6-2-1-5-13(16,17)18/h3-4,7H,1-2,5-6,8H2. The van der Waals surface area contributed by atoms with Crippen LogP contribution in [0.5, 0.6) is 0 Å². The molecule has 0 N–H and O–H groups in total. The van der Waals surface area contributed by atoms with Gasteiger partial charge in [0.15, 0.2) is 0 Å². The van der Waals surface area contributed by atoms with Crippen molar-refractivity contribution >= 4 is 38.6 Å². The topological polar surface area (TPSA) is 17.8 Å². The molecule has 0 spiro atoms. The van der Waals surface area contributed by atoms with Crippen LogP contribution in [0, 0.1) is 0 Å². The summed E-state index contributed by atoms with van der Waals surface area (Å²) in [5, 5.41) is 0. The lowest BCUT2D eigenvalue weighted by Gasteiger charge is -2.09. The number of hydrogen-bond donors (Lipinski definition) is 0. The molecule has 20 heavy (non-hydrogen) atoms. The number of nitrogens with zero attached hydrogens (tertiary/aromatic N) is 2. The van der Waals surface area contributed by atoms with E-state index in [2.05, 4.69) is 20.9 Å². The van der Waals surface area contributed by atoms with Crippen LogP contribution in [-0.4, -0.2) is 15.7 Å². The summed E-state index contributed by atoms with van der Waals surface area (Å²) in [6.07, 6.45) is -4.27. The highest BCUT2D eigenvalue weighted by Crippen LogP contribution is 2.25. The average Bonchev–Trinajstić information content (AvgIpc) is 2.70. The van der Waals surface area contributed by atoms with Gasteiger partial charge < -0.3 is 4.57 Å². The highest BCUT2D eigenvalue weighted by molar-refractivity contribution is 9.10. The van der Waals surface area contributed by atoms with Crippen LogP contribution >= 0.6 is 27.5 Å². The fraction of sp³-hybridized carbons (Fsp3) is 0.462. The van der Waals surface area contributed by atoms with Crippen molar-refractivity contribution in [3.8, 4) is 0 Å². The largest absolute Gasteiger partial charge is 0.389 e. The zero-order valence-electron chi connectivity index (χ0n) is 10.6. The van der Waals surface area contributed by atoms with Crippen LogP contribution < -0.4 is 0 Å². The molecule has 7 heteroatoms. The second-order valence-corrected chi connectivity index (χ2v) is 5.70. The molecule has 0 radical (unpaired) electrons. The number of alkyl halides is 4. The van der Waals surface area contributed by atoms with Crippen LogP contribution in [0.1, 0.15) is 25.1 Å². The minimum atomic E-state index is -4.09. The van der Waals surface area contributed by atoms with Gasteiger partial charge in [0.05, 0.1) is 16.9 Å². The van der Waals surface area contributed by atoms with Crippen molar-refractivity contribution in [2.75, 3.05) is 0 Å². The molecule has 0 atom stereocenters. The summed E-state index contributed by atoms with van der Waals surface area (Å²) in [7, 11) is 0. The van der Waals surface area contributed by atoms with Gasteiger partial charge >= 0.3 is 6.18 Å². The van der Waals surface area contributed by atoms with Crippen molar-refractivity contribution in [1.82, 2.24) is 9.55 Å². The van der Waals surface area contributed by atoms with Crippen LogP contribution in [-0.2, 0) is 12.4 Å². The van der Waals surface area contributed by atoms with Crippen molar-refractivity contribution in [2.45, 2.75) is 37.9 Å². The normalized spacial score (nSPS) is 12.2. The van der Waals surface area contributed by atoms with Crippen LogP contribution in [0.3, 0.4) is 0 Å². The molecule has 0 aliphatic rings. The number of unbranched alkanes of at least 4 members (excludes halogenated alkanes) is 1. The minimum absolute atomic E-state index is 0.113. The van der Waals surface area contributed by atoms with Gasteiger partial charge in [0.1, 0.15) is 5.82 Å². The summed E-state index contributed by atoms with van der Waals surface area (Å²) in [5.74, 6) is 0.928. The number of aromatic nitrogens is 2. The summed E-state index contributed by atoms with van der Waals surface area (Å²) in [5.41, 5.74) is 1.70. The summed E-state index contributed by atoms with van der Waals surface area (Å²) in [4.78, 5) is 4.40. The van der Waals surface area contributed by atoms with Gasteiger partial charge in [-0.1, -0.05) is 15.9 Å². The van der Waals surface area contributed by atoms with Crippen LogP contribution in [0.15, 0.2) is 22.7 Å². The monoisotopic (exact) mass is 368 g/mol. The minimum Gasteiger partial charge on any atom is -0.327 e. The second kappa shape index (κ2) is 6.35. The Morgan fingerprint density at radius 1 is 1.25 bits per heavy atom. The summed E-state index contributed by atoms with van der Waals surface area (Å²) in [6.45, 7) is 0.496. The number of aryl methyl sites for hydroxylation is 1. The summed E-state index contributed by atoms with van der Waals surface area (Å²) in [6, 6.07) is 5.65. The molecule has 1 aromatic heterocycles. The number of rotatable bonds is 5. The van der Waals surface area contributed by atoms with Crippen LogP contribution in [0.4, 0.5) is 13.2 Å². The predicted molar refractivity (Wildman–Crippen MR) is 76.9 cm³/mol. The van der Waals surface area contributed by atoms with Crippen molar-refractivity contribution in [1.29, 1.82) is 0 Å². The Kier molecular flexibility index (Phi) is 4.96. The molecular formula is C13H13BrClF3N2. The summed E-state index contributed by atoms with van der Waals surface area (Å²) < 4.78 is 39.2. The molecular weight excluding hydrogens is 357 g/mol. The van der Waals surface area contributed by atoms with Crippen molar-refractivity contribution in [3.63, 3.8) is 0 Å². The van der Waals surface area contributed by atoms with Crippen molar-refractivity contribution < 1.29 is 13.2 Å². The zero-order chi connectivity index (χ0) is 14.8. The number of benzene rings is 1. The van der Waals surface area contributed by atoms with E-state index in [1.54, 1.807) is 0 Å². The molecule has 1 heterocycles. The Bertz CT molecular complexity index is 595. The lowest BCUT2D eigenvalue weighted by Crippen LogP contribution is -2.08. The Balaban J connectivity index is 2.12. The highest BCUT2D eigenvalue weighted by Gasteiger charge is 2.25. The molecule has 2 rings (SSSR count). The number of fused-ring (bicyclic) bond motifs is 1. The molecule has 0 amide bonds. The van der Waals surface area contributed by atoms with Gasteiger partial charge in [0.25, 0.3) is 0 Å². The number of hydrogen-bond acceptors (Lipinski definition) is 1. The van der Waals surface area contributed by atoms with Gasteiger partial charge in [-0.25, -0.2) is 4.98 Å². The Morgan fingerprint density at radius 3 is 2.65 bits per heavy atom. The molecule has 110 valence electrons. The van der Waals surface area contributed by atoms with Crippen LogP contribution in [0.25, 0.3) is 11.0 Å². The average molecular weight is 370 g/mol. The fourth-order valence-electron chi connectivity index (χ4n) is 2.10. The number of halogens is 5. The van der Waals surface area contributed by atoms with Gasteiger partial charge in [-0.05, 0) is 31.0 Å². The van der Waals surface area contributed by atoms with E-state index in [0.29, 0.717) is 18.8 Å². The molecule has 0 unspecified atom stereocenters. The maximum atomic E-state index is 12.1. The molecule has 0 fully saturated rings. The smallest absolute Gasteiger partial charge is 0.327 e. The first kappa shape index (κ1) is 15.6. The summed E-state index contributed by atoms with van der Waals surface area (Å²) >= 11 is 9.22. The Labute approximate surface area is 128 Å². The van der Waals surface area contributed by atoms with E-state index in [-0.39, 0.29) is 12.3 Å². The van der Waals surface area contributed by atoms with E-state index in [9.17, 15) is 13.2 Å². The van der Waals surface area contributed by atoms with E-state index in [4.69, 9.17) is 11.6 Å². The maximum absolute atomic E-state index is 12.1. The Hall–Kier alpha value is -0.750. The number of imidazole rings is 1. The molecule has 2 aromatic rings. The van der Waals surface area contributed by atoms with E-state index < -0.39 is 12.6 Å². The van der Waals surface area contributed by atoms with Gasteiger partial charge in [-0.3, -0.25) is 0 Å². The predicted octanol–water partition coefficient (Wildman–Crippen LogP) is 5.27. The van der Waals surface area contributed by atoms with Gasteiger partial charge in [0.2, 0.25) is 0 Å². The SMILES string of the molecule is FC(F)(F)CCCCn1c(CCl)nc2cc(Br)ccc21. The zero-order valence-corrected chi connectivity index (χ0v) is 12.9. The molecule has 0 saturated carbocycles. The van der Waals surface area contributed by atoms with Gasteiger partial charge in [0, 0.05) is 17.4 Å². The van der Waals surface area contributed by atoms with Gasteiger partial charge in [-0.15, -0.1) is 11.6 Å².